The highest BCUT2D eigenvalue weighted by molar-refractivity contribution is 5.94. The van der Waals surface area contributed by atoms with Gasteiger partial charge in [-0.15, -0.1) is 0 Å². The van der Waals surface area contributed by atoms with Crippen LogP contribution in [-0.2, 0) is 49.0 Å². The number of pyridine rings is 2. The molecule has 2 amide bonds. The van der Waals surface area contributed by atoms with Gasteiger partial charge in [-0.2, -0.15) is 0 Å². The number of cyclic esters (lactones) is 1. The van der Waals surface area contributed by atoms with Crippen LogP contribution in [0, 0.1) is 12.7 Å². The van der Waals surface area contributed by atoms with Crippen LogP contribution in [0.2, 0.25) is 0 Å². The number of halogens is 1. The number of ether oxygens (including phenoxy) is 2. The van der Waals surface area contributed by atoms with Gasteiger partial charge in [0.2, 0.25) is 11.8 Å². The molecular formula is C33H35FN4O7. The van der Waals surface area contributed by atoms with Gasteiger partial charge < -0.3 is 29.4 Å². The molecule has 1 fully saturated rings. The molecule has 3 atom stereocenters. The van der Waals surface area contributed by atoms with Gasteiger partial charge in [0.15, 0.2) is 5.60 Å². The Hall–Kier alpha value is -4.16. The summed E-state index contributed by atoms with van der Waals surface area (Å²) < 4.78 is 27.8. The van der Waals surface area contributed by atoms with Gasteiger partial charge in [0.25, 0.3) is 5.56 Å². The topological polar surface area (TPSA) is 140 Å². The van der Waals surface area contributed by atoms with Crippen LogP contribution in [0.3, 0.4) is 0 Å². The number of aliphatic hydroxyl groups is 1. The van der Waals surface area contributed by atoms with Crippen molar-refractivity contribution in [1.29, 1.82) is 0 Å². The number of rotatable bonds is 6. The largest absolute Gasteiger partial charge is 0.458 e. The van der Waals surface area contributed by atoms with Crippen LogP contribution in [0.1, 0.15) is 85.4 Å². The number of amides is 2. The summed E-state index contributed by atoms with van der Waals surface area (Å²) in [6.07, 6.45) is 2.44. The van der Waals surface area contributed by atoms with E-state index in [1.807, 2.05) is 0 Å². The molecule has 2 N–H and O–H groups in total. The van der Waals surface area contributed by atoms with Crippen molar-refractivity contribution in [2.45, 2.75) is 90.3 Å². The minimum absolute atomic E-state index is 0.0102. The molecule has 2 aromatic heterocycles. The van der Waals surface area contributed by atoms with Gasteiger partial charge in [-0.3, -0.25) is 14.4 Å². The summed E-state index contributed by atoms with van der Waals surface area (Å²) in [5.41, 5.74) is 2.14. The van der Waals surface area contributed by atoms with Crippen molar-refractivity contribution in [3.63, 3.8) is 0 Å². The maximum atomic E-state index is 15.2. The van der Waals surface area contributed by atoms with Crippen molar-refractivity contribution >= 4 is 28.7 Å². The number of aryl methyl sites for hydroxylation is 1. The predicted octanol–water partition coefficient (Wildman–Crippen LogP) is 3.01. The Morgan fingerprint density at radius 3 is 2.76 bits per heavy atom. The summed E-state index contributed by atoms with van der Waals surface area (Å²) in [6.45, 7) is 5.46. The van der Waals surface area contributed by atoms with E-state index in [1.54, 1.807) is 36.3 Å². The van der Waals surface area contributed by atoms with Gasteiger partial charge in [-0.25, -0.2) is 14.2 Å². The molecular weight excluding hydrogens is 583 g/mol. The smallest absolute Gasteiger partial charge is 0.343 e. The fourth-order valence-corrected chi connectivity index (χ4v) is 7.50. The van der Waals surface area contributed by atoms with Crippen LogP contribution in [0.15, 0.2) is 16.9 Å². The average molecular weight is 619 g/mol. The van der Waals surface area contributed by atoms with Crippen molar-refractivity contribution in [3.05, 3.63) is 61.7 Å². The predicted molar refractivity (Wildman–Crippen MR) is 159 cm³/mol. The van der Waals surface area contributed by atoms with E-state index in [4.69, 9.17) is 14.5 Å². The zero-order chi connectivity index (χ0) is 31.8. The van der Waals surface area contributed by atoms with E-state index in [0.717, 1.165) is 28.5 Å². The van der Waals surface area contributed by atoms with Crippen molar-refractivity contribution in [3.8, 4) is 11.4 Å². The molecule has 236 valence electrons. The standard InChI is InChI=1S/C33H35FN4O7/c1-4-26(40)37-10-6-7-27(37)44-15-25(39)35-22-9-8-17-16(3)21(34)12-23-28(17)29(22)18-13-38-24(30(18)36-23)11-20-19(31(38)41)14-45-32(42)33(20,43)5-2/h11-12,22,27,43H,4-10,13-15H2,1-3H3,(H,35,39)/t22-,27?,33-/m0/s1. The Bertz CT molecular complexity index is 1870. The Labute approximate surface area is 258 Å². The first-order chi connectivity index (χ1) is 21.6. The zero-order valence-electron chi connectivity index (χ0n) is 25.5. The van der Waals surface area contributed by atoms with E-state index in [-0.39, 0.29) is 49.1 Å². The minimum atomic E-state index is -1.97. The number of likely N-dealkylation sites (tertiary alicyclic amines) is 1. The lowest BCUT2D eigenvalue weighted by molar-refractivity contribution is -0.172. The number of benzene rings is 1. The number of nitrogens with one attached hydrogen (secondary N) is 1. The molecule has 0 bridgehead atoms. The number of esters is 1. The van der Waals surface area contributed by atoms with Gasteiger partial charge in [0.05, 0.1) is 35.1 Å². The average Bonchev–Trinajstić information content (AvgIpc) is 3.66. The summed E-state index contributed by atoms with van der Waals surface area (Å²) in [4.78, 5) is 58.5. The van der Waals surface area contributed by atoms with Gasteiger partial charge >= 0.3 is 5.97 Å². The molecule has 1 aliphatic carbocycles. The molecule has 1 unspecified atom stereocenters. The molecule has 0 spiro atoms. The monoisotopic (exact) mass is 618 g/mol. The van der Waals surface area contributed by atoms with Crippen LogP contribution >= 0.6 is 0 Å². The Kier molecular flexibility index (Phi) is 7.05. The molecule has 11 nitrogen and oxygen atoms in total. The van der Waals surface area contributed by atoms with Crippen LogP contribution < -0.4 is 10.9 Å². The molecule has 45 heavy (non-hydrogen) atoms. The van der Waals surface area contributed by atoms with Gasteiger partial charge in [0.1, 0.15) is 25.3 Å². The lowest BCUT2D eigenvalue weighted by Gasteiger charge is -2.31. The van der Waals surface area contributed by atoms with Gasteiger partial charge in [-0.1, -0.05) is 13.8 Å². The van der Waals surface area contributed by atoms with E-state index in [1.165, 1.54) is 6.07 Å². The van der Waals surface area contributed by atoms with E-state index in [2.05, 4.69) is 5.32 Å². The lowest BCUT2D eigenvalue weighted by Crippen LogP contribution is -2.44. The summed E-state index contributed by atoms with van der Waals surface area (Å²) in [5, 5.41) is 15.1. The maximum Gasteiger partial charge on any atom is 0.343 e. The van der Waals surface area contributed by atoms with Crippen LogP contribution in [0.5, 0.6) is 0 Å². The molecule has 4 aliphatic rings. The van der Waals surface area contributed by atoms with Crippen molar-refractivity contribution < 1.29 is 33.4 Å². The van der Waals surface area contributed by atoms with Crippen molar-refractivity contribution in [1.82, 2.24) is 19.8 Å². The van der Waals surface area contributed by atoms with Crippen LogP contribution in [0.4, 0.5) is 4.39 Å². The highest BCUT2D eigenvalue weighted by atomic mass is 19.1. The van der Waals surface area contributed by atoms with E-state index in [0.29, 0.717) is 54.7 Å². The Morgan fingerprint density at radius 1 is 1.20 bits per heavy atom. The SMILES string of the molecule is CCC(=O)N1CCCC1OCC(=O)N[C@H]1CCc2c(C)c(F)cc3nc4c(c1c23)Cn1c-4cc2c(c1=O)COC(=O)[C@]2(O)CC. The van der Waals surface area contributed by atoms with Gasteiger partial charge in [0, 0.05) is 35.5 Å². The highest BCUT2D eigenvalue weighted by Crippen LogP contribution is 2.46. The first-order valence-corrected chi connectivity index (χ1v) is 15.6. The fraction of sp³-hybridized carbons (Fsp3) is 0.485. The molecule has 12 heteroatoms. The number of carbonyl (C=O) groups excluding carboxylic acids is 3. The molecule has 0 radical (unpaired) electrons. The number of fused-ring (bicyclic) bond motifs is 5. The number of carbonyl (C=O) groups is 3. The molecule has 0 saturated carbocycles. The van der Waals surface area contributed by atoms with E-state index >= 15 is 4.39 Å². The van der Waals surface area contributed by atoms with Crippen molar-refractivity contribution in [2.75, 3.05) is 13.2 Å². The Morgan fingerprint density at radius 2 is 2.00 bits per heavy atom. The summed E-state index contributed by atoms with van der Waals surface area (Å²) in [6, 6.07) is 2.54. The lowest BCUT2D eigenvalue weighted by atomic mass is 9.81. The third-order valence-electron chi connectivity index (χ3n) is 9.94. The third-order valence-corrected chi connectivity index (χ3v) is 9.94. The molecule has 3 aromatic rings. The van der Waals surface area contributed by atoms with Gasteiger partial charge in [-0.05, 0) is 61.8 Å². The summed E-state index contributed by atoms with van der Waals surface area (Å²) in [7, 11) is 0. The number of aromatic nitrogens is 2. The van der Waals surface area contributed by atoms with Crippen LogP contribution in [0.25, 0.3) is 22.3 Å². The quantitative estimate of drug-likeness (QED) is 0.315. The minimum Gasteiger partial charge on any atom is -0.458 e. The molecule has 1 aromatic carbocycles. The normalized spacial score (nSPS) is 23.0. The van der Waals surface area contributed by atoms with Crippen LogP contribution in [-0.4, -0.2) is 56.7 Å². The van der Waals surface area contributed by atoms with E-state index < -0.39 is 35.2 Å². The third kappa shape index (κ3) is 4.40. The molecule has 3 aliphatic heterocycles. The van der Waals surface area contributed by atoms with Crippen molar-refractivity contribution in [2.24, 2.45) is 0 Å². The number of hydrogen-bond donors (Lipinski definition) is 2. The Balaban J connectivity index is 1.29. The second-order valence-corrected chi connectivity index (χ2v) is 12.3. The zero-order valence-corrected chi connectivity index (χ0v) is 25.5. The number of hydrogen-bond acceptors (Lipinski definition) is 8. The summed E-state index contributed by atoms with van der Waals surface area (Å²) in [5.74, 6) is -1.56. The second kappa shape index (κ2) is 10.7. The second-order valence-electron chi connectivity index (χ2n) is 12.3. The highest BCUT2D eigenvalue weighted by Gasteiger charge is 2.46. The first kappa shape index (κ1) is 29.5. The number of nitrogens with zero attached hydrogens (tertiary/aromatic N) is 3. The van der Waals surface area contributed by atoms with E-state index in [9.17, 15) is 24.3 Å². The molecule has 7 rings (SSSR count). The maximum absolute atomic E-state index is 15.2. The first-order valence-electron chi connectivity index (χ1n) is 15.6. The molecule has 5 heterocycles. The summed E-state index contributed by atoms with van der Waals surface area (Å²) >= 11 is 0. The molecule has 1 saturated heterocycles. The fourth-order valence-electron chi connectivity index (χ4n) is 7.50.